The molecule has 0 saturated heterocycles. The summed E-state index contributed by atoms with van der Waals surface area (Å²) in [7, 11) is 0. The van der Waals surface area contributed by atoms with Gasteiger partial charge in [0.25, 0.3) is 0 Å². The van der Waals surface area contributed by atoms with Crippen LogP contribution in [0.4, 0.5) is 17.1 Å². The van der Waals surface area contributed by atoms with Crippen LogP contribution in [0.3, 0.4) is 0 Å². The lowest BCUT2D eigenvalue weighted by atomic mass is 9.55. The zero-order valence-electron chi connectivity index (χ0n) is 33.3. The summed E-state index contributed by atoms with van der Waals surface area (Å²) in [4.78, 5) is 2.43. The molecule has 2 aliphatic rings. The van der Waals surface area contributed by atoms with E-state index in [2.05, 4.69) is 243 Å². The van der Waals surface area contributed by atoms with Gasteiger partial charge >= 0.3 is 0 Å². The number of rotatable bonds is 6. The molecule has 0 N–H and O–H groups in total. The lowest BCUT2D eigenvalue weighted by molar-refractivity contribution is 0.563. The lowest BCUT2D eigenvalue weighted by Crippen LogP contribution is -2.40. The molecule has 1 heteroatoms. The normalized spacial score (nSPS) is 13.9. The molecule has 0 fully saturated rings. The summed E-state index contributed by atoms with van der Waals surface area (Å²) in [6.07, 6.45) is 0. The first-order valence-electron chi connectivity index (χ1n) is 20.7. The summed E-state index contributed by atoms with van der Waals surface area (Å²) in [5, 5.41) is 0. The monoisotopic (exact) mass is 753 g/mol. The Kier molecular flexibility index (Phi) is 8.13. The Labute approximate surface area is 347 Å². The average Bonchev–Trinajstić information content (AvgIpc) is 3.60. The van der Waals surface area contributed by atoms with Crippen molar-refractivity contribution in [3.63, 3.8) is 0 Å². The van der Waals surface area contributed by atoms with Crippen molar-refractivity contribution >= 4 is 17.1 Å². The Morgan fingerprint density at radius 1 is 0.271 bits per heavy atom. The van der Waals surface area contributed by atoms with Crippen molar-refractivity contribution in [2.24, 2.45) is 0 Å². The van der Waals surface area contributed by atoms with Crippen molar-refractivity contribution in [1.82, 2.24) is 0 Å². The van der Waals surface area contributed by atoms with Crippen molar-refractivity contribution in [1.29, 1.82) is 0 Å². The highest BCUT2D eigenvalue weighted by Gasteiger charge is 2.53. The predicted molar refractivity (Wildman–Crippen MR) is 247 cm³/mol. The molecule has 0 saturated carbocycles. The van der Waals surface area contributed by atoms with Gasteiger partial charge in [-0.1, -0.05) is 202 Å². The van der Waals surface area contributed by atoms with Gasteiger partial charge in [-0.05, 0) is 114 Å². The fraction of sp³-hybridized carbons (Fsp3) is 0.0690. The van der Waals surface area contributed by atoms with Crippen LogP contribution in [0.5, 0.6) is 0 Å². The Balaban J connectivity index is 1.08. The number of hydrogen-bond donors (Lipinski definition) is 0. The van der Waals surface area contributed by atoms with E-state index in [9.17, 15) is 0 Å². The van der Waals surface area contributed by atoms with Crippen LogP contribution >= 0.6 is 0 Å². The maximum absolute atomic E-state index is 2.49. The fourth-order valence-electron chi connectivity index (χ4n) is 10.2. The van der Waals surface area contributed by atoms with E-state index < -0.39 is 5.41 Å². The molecule has 1 nitrogen and oxygen atoms in total. The van der Waals surface area contributed by atoms with Crippen LogP contribution in [0.2, 0.25) is 0 Å². The smallest absolute Gasteiger partial charge is 0.0720 e. The first-order chi connectivity index (χ1) is 29.0. The summed E-state index contributed by atoms with van der Waals surface area (Å²) in [5.74, 6) is 0. The van der Waals surface area contributed by atoms with E-state index in [-0.39, 0.29) is 5.41 Å². The molecule has 0 aliphatic heterocycles. The van der Waals surface area contributed by atoms with Crippen LogP contribution in [0, 0.1) is 0 Å². The van der Waals surface area contributed by atoms with Gasteiger partial charge in [0, 0.05) is 22.5 Å². The van der Waals surface area contributed by atoms with Crippen LogP contribution in [0.25, 0.3) is 44.5 Å². The van der Waals surface area contributed by atoms with Gasteiger partial charge in [0.05, 0.1) is 5.41 Å². The third-order valence-corrected chi connectivity index (χ3v) is 13.0. The quantitative estimate of drug-likeness (QED) is 0.163. The minimum Gasteiger partial charge on any atom is -0.310 e. The molecular weight excluding hydrogens is 711 g/mol. The molecule has 0 bridgehead atoms. The fourth-order valence-corrected chi connectivity index (χ4v) is 10.2. The number of hydrogen-bond acceptors (Lipinski definition) is 1. The first kappa shape index (κ1) is 35.0. The van der Waals surface area contributed by atoms with Gasteiger partial charge in [0.2, 0.25) is 0 Å². The second kappa shape index (κ2) is 13.7. The maximum atomic E-state index is 2.49. The van der Waals surface area contributed by atoms with Gasteiger partial charge < -0.3 is 4.90 Å². The highest BCUT2D eigenvalue weighted by molar-refractivity contribution is 5.91. The molecule has 280 valence electrons. The molecule has 0 atom stereocenters. The Bertz CT molecular complexity index is 2930. The van der Waals surface area contributed by atoms with E-state index in [1.54, 1.807) is 0 Å². The van der Waals surface area contributed by atoms with Gasteiger partial charge in [-0.25, -0.2) is 0 Å². The Morgan fingerprint density at radius 2 is 0.610 bits per heavy atom. The van der Waals surface area contributed by atoms with Crippen LogP contribution in [-0.4, -0.2) is 0 Å². The molecule has 0 heterocycles. The number of anilines is 3. The lowest BCUT2D eigenvalue weighted by Gasteiger charge is -2.46. The van der Waals surface area contributed by atoms with E-state index in [1.807, 2.05) is 0 Å². The zero-order chi connectivity index (χ0) is 39.6. The van der Waals surface area contributed by atoms with Crippen LogP contribution in [0.1, 0.15) is 47.2 Å². The van der Waals surface area contributed by atoms with Crippen molar-refractivity contribution in [2.45, 2.75) is 24.7 Å². The van der Waals surface area contributed by atoms with E-state index >= 15 is 0 Å². The van der Waals surface area contributed by atoms with E-state index in [4.69, 9.17) is 0 Å². The van der Waals surface area contributed by atoms with Gasteiger partial charge in [-0.2, -0.15) is 0 Å². The highest BCUT2D eigenvalue weighted by atomic mass is 15.1. The van der Waals surface area contributed by atoms with Crippen LogP contribution in [-0.2, 0) is 10.8 Å². The van der Waals surface area contributed by atoms with Crippen molar-refractivity contribution in [3.8, 4) is 44.5 Å². The molecule has 0 aromatic heterocycles. The SMILES string of the molecule is CC1(C)c2ccccc2C2(c3ccccc3-c3ccc(N(c4ccc(-c5ccccc5)cc4)c4ccc(-c5ccc(-c6ccccc6)cc5)cc4)cc32)c2ccccc21. The van der Waals surface area contributed by atoms with Crippen molar-refractivity contribution in [3.05, 3.63) is 258 Å². The van der Waals surface area contributed by atoms with Crippen LogP contribution < -0.4 is 4.90 Å². The van der Waals surface area contributed by atoms with E-state index in [1.165, 1.54) is 77.9 Å². The molecule has 9 aromatic carbocycles. The second-order valence-electron chi connectivity index (χ2n) is 16.5. The van der Waals surface area contributed by atoms with E-state index in [0.29, 0.717) is 0 Å². The molecular formula is C58H43N. The third-order valence-electron chi connectivity index (χ3n) is 13.0. The summed E-state index contributed by atoms with van der Waals surface area (Å²) >= 11 is 0. The number of fused-ring (bicyclic) bond motifs is 9. The van der Waals surface area contributed by atoms with Crippen molar-refractivity contribution in [2.75, 3.05) is 4.90 Å². The summed E-state index contributed by atoms with van der Waals surface area (Å²) in [6.45, 7) is 4.77. The third kappa shape index (κ3) is 5.46. The molecule has 0 unspecified atom stereocenters. The molecule has 1 spiro atoms. The average molecular weight is 754 g/mol. The Morgan fingerprint density at radius 3 is 1.08 bits per heavy atom. The summed E-state index contributed by atoms with van der Waals surface area (Å²) in [6, 6.07) is 82.9. The topological polar surface area (TPSA) is 3.24 Å². The largest absolute Gasteiger partial charge is 0.310 e. The highest BCUT2D eigenvalue weighted by Crippen LogP contribution is 2.62. The molecule has 9 aromatic rings. The number of nitrogens with zero attached hydrogens (tertiary/aromatic N) is 1. The van der Waals surface area contributed by atoms with E-state index in [0.717, 1.165) is 17.1 Å². The maximum Gasteiger partial charge on any atom is 0.0720 e. The molecule has 59 heavy (non-hydrogen) atoms. The standard InChI is InChI=1S/C58H43N/c1-57(2)52-21-11-13-23-54(52)58(55-24-14-12-22-53(55)57)51-20-10-9-19-49(51)50-38-37-48(39-56(50)58)59(46-33-29-44(30-34-46)41-17-7-4-8-18-41)47-35-31-45(32-36-47)43-27-25-42(26-28-43)40-15-5-3-6-16-40/h3-39H,1-2H3. The summed E-state index contributed by atoms with van der Waals surface area (Å²) in [5.41, 5.74) is 20.8. The van der Waals surface area contributed by atoms with Crippen LogP contribution in [0.15, 0.2) is 224 Å². The van der Waals surface area contributed by atoms with Gasteiger partial charge in [-0.3, -0.25) is 0 Å². The molecule has 0 amide bonds. The molecule has 2 aliphatic carbocycles. The predicted octanol–water partition coefficient (Wildman–Crippen LogP) is 15.2. The van der Waals surface area contributed by atoms with Gasteiger partial charge in [0.15, 0.2) is 0 Å². The minimum atomic E-state index is -0.469. The minimum absolute atomic E-state index is 0.149. The molecule has 11 rings (SSSR count). The van der Waals surface area contributed by atoms with Gasteiger partial charge in [0.1, 0.15) is 0 Å². The Hall–Kier alpha value is -7.22. The van der Waals surface area contributed by atoms with Gasteiger partial charge in [-0.15, -0.1) is 0 Å². The van der Waals surface area contributed by atoms with Crippen molar-refractivity contribution < 1.29 is 0 Å². The number of benzene rings is 9. The second-order valence-corrected chi connectivity index (χ2v) is 16.5. The zero-order valence-corrected chi connectivity index (χ0v) is 33.3. The summed E-state index contributed by atoms with van der Waals surface area (Å²) < 4.78 is 0. The molecule has 0 radical (unpaired) electrons. The first-order valence-corrected chi connectivity index (χ1v) is 20.7.